The van der Waals surface area contributed by atoms with Gasteiger partial charge in [0, 0.05) is 15.7 Å². The molecule has 0 atom stereocenters. The van der Waals surface area contributed by atoms with E-state index in [0.717, 1.165) is 21.7 Å². The van der Waals surface area contributed by atoms with Crippen molar-refractivity contribution in [3.8, 4) is 11.1 Å². The lowest BCUT2D eigenvalue weighted by Crippen LogP contribution is -2.37. The highest BCUT2D eigenvalue weighted by atomic mass is 79.9. The van der Waals surface area contributed by atoms with Crippen LogP contribution in [0.2, 0.25) is 0 Å². The monoisotopic (exact) mass is 458 g/mol. The highest BCUT2D eigenvalue weighted by Crippen LogP contribution is 2.29. The van der Waals surface area contributed by atoms with Crippen LogP contribution in [0.25, 0.3) is 11.1 Å². The zero-order valence-electron chi connectivity index (χ0n) is 15.2. The van der Waals surface area contributed by atoms with Crippen LogP contribution in [0, 0.1) is 0 Å². The first-order valence-electron chi connectivity index (χ1n) is 8.53. The van der Waals surface area contributed by atoms with Crippen molar-refractivity contribution < 1.29 is 13.2 Å². The molecular weight excluding hydrogens is 440 g/mol. The van der Waals surface area contributed by atoms with Gasteiger partial charge in [-0.3, -0.25) is 9.10 Å². The molecule has 0 aromatic heterocycles. The van der Waals surface area contributed by atoms with Gasteiger partial charge in [0.25, 0.3) is 0 Å². The Morgan fingerprint density at radius 1 is 0.929 bits per heavy atom. The van der Waals surface area contributed by atoms with Gasteiger partial charge in [-0.05, 0) is 39.7 Å². The normalized spacial score (nSPS) is 11.1. The summed E-state index contributed by atoms with van der Waals surface area (Å²) in [6, 6.07) is 24.0. The van der Waals surface area contributed by atoms with Crippen LogP contribution in [0.1, 0.15) is 0 Å². The van der Waals surface area contributed by atoms with E-state index in [1.54, 1.807) is 30.3 Å². The fourth-order valence-corrected chi connectivity index (χ4v) is 4.30. The zero-order chi connectivity index (χ0) is 20.1. The maximum atomic E-state index is 12.7. The molecule has 3 aromatic rings. The van der Waals surface area contributed by atoms with Crippen molar-refractivity contribution in [2.75, 3.05) is 22.4 Å². The highest BCUT2D eigenvalue weighted by Gasteiger charge is 2.23. The van der Waals surface area contributed by atoms with E-state index >= 15 is 0 Å². The molecule has 0 aliphatic carbocycles. The summed E-state index contributed by atoms with van der Waals surface area (Å²) in [4.78, 5) is 12.7. The molecule has 0 radical (unpaired) electrons. The fourth-order valence-electron chi connectivity index (χ4n) is 2.82. The number of benzene rings is 3. The first kappa shape index (κ1) is 20.1. The molecule has 0 unspecified atom stereocenters. The van der Waals surface area contributed by atoms with Crippen LogP contribution in [-0.4, -0.2) is 27.1 Å². The lowest BCUT2D eigenvalue weighted by atomic mass is 10.0. The number of amides is 1. The third-order valence-electron chi connectivity index (χ3n) is 4.09. The molecule has 0 saturated carbocycles. The summed E-state index contributed by atoms with van der Waals surface area (Å²) in [6.07, 6.45) is 1.08. The van der Waals surface area contributed by atoms with Crippen molar-refractivity contribution in [1.82, 2.24) is 0 Å². The number of nitrogens with zero attached hydrogens (tertiary/aromatic N) is 1. The van der Waals surface area contributed by atoms with E-state index in [1.165, 1.54) is 0 Å². The van der Waals surface area contributed by atoms with Gasteiger partial charge in [0.2, 0.25) is 15.9 Å². The predicted octanol–water partition coefficient (Wildman–Crippen LogP) is 4.52. The summed E-state index contributed by atoms with van der Waals surface area (Å²) in [5.74, 6) is -0.426. The van der Waals surface area contributed by atoms with Gasteiger partial charge >= 0.3 is 0 Å². The van der Waals surface area contributed by atoms with E-state index in [0.29, 0.717) is 15.8 Å². The van der Waals surface area contributed by atoms with Crippen LogP contribution in [0.5, 0.6) is 0 Å². The Balaban J connectivity index is 1.87. The maximum absolute atomic E-state index is 12.7. The summed E-state index contributed by atoms with van der Waals surface area (Å²) in [5.41, 5.74) is 2.86. The Morgan fingerprint density at radius 2 is 1.54 bits per heavy atom. The summed E-state index contributed by atoms with van der Waals surface area (Å²) in [7, 11) is -3.65. The number of hydrogen-bond acceptors (Lipinski definition) is 3. The quantitative estimate of drug-likeness (QED) is 0.590. The smallest absolute Gasteiger partial charge is 0.245 e. The van der Waals surface area contributed by atoms with Gasteiger partial charge < -0.3 is 5.32 Å². The molecule has 0 fully saturated rings. The van der Waals surface area contributed by atoms with Crippen LogP contribution in [0.15, 0.2) is 83.3 Å². The van der Waals surface area contributed by atoms with Crippen LogP contribution in [-0.2, 0) is 14.8 Å². The van der Waals surface area contributed by atoms with Gasteiger partial charge in [-0.15, -0.1) is 0 Å². The van der Waals surface area contributed by atoms with Crippen LogP contribution >= 0.6 is 15.9 Å². The average molecular weight is 459 g/mol. The van der Waals surface area contributed by atoms with Gasteiger partial charge in [-0.2, -0.15) is 0 Å². The maximum Gasteiger partial charge on any atom is 0.245 e. The third-order valence-corrected chi connectivity index (χ3v) is 5.89. The molecular formula is C21H19BrN2O3S. The highest BCUT2D eigenvalue weighted by molar-refractivity contribution is 9.10. The number of carbonyl (C=O) groups excluding carboxylic acids is 1. The Hall–Kier alpha value is -2.64. The van der Waals surface area contributed by atoms with Crippen molar-refractivity contribution in [3.05, 3.63) is 83.3 Å². The minimum atomic E-state index is -3.65. The molecule has 0 spiro atoms. The third kappa shape index (κ3) is 4.79. The van der Waals surface area contributed by atoms with E-state index in [4.69, 9.17) is 0 Å². The Morgan fingerprint density at radius 3 is 2.21 bits per heavy atom. The van der Waals surface area contributed by atoms with Crippen molar-refractivity contribution in [3.63, 3.8) is 0 Å². The molecule has 0 heterocycles. The number of para-hydroxylation sites is 2. The lowest BCUT2D eigenvalue weighted by molar-refractivity contribution is -0.114. The number of sulfonamides is 1. The topological polar surface area (TPSA) is 66.5 Å². The van der Waals surface area contributed by atoms with Gasteiger partial charge in [0.05, 0.1) is 11.9 Å². The molecule has 144 valence electrons. The first-order valence-corrected chi connectivity index (χ1v) is 11.2. The Labute approximate surface area is 173 Å². The van der Waals surface area contributed by atoms with Gasteiger partial charge in [-0.25, -0.2) is 8.42 Å². The van der Waals surface area contributed by atoms with E-state index in [1.807, 2.05) is 48.5 Å². The molecule has 0 aliphatic heterocycles. The van der Waals surface area contributed by atoms with E-state index in [-0.39, 0.29) is 6.54 Å². The fraction of sp³-hybridized carbons (Fsp3) is 0.0952. The number of nitrogens with one attached hydrogen (secondary N) is 1. The molecule has 1 amide bonds. The molecule has 3 rings (SSSR count). The molecule has 28 heavy (non-hydrogen) atoms. The zero-order valence-corrected chi connectivity index (χ0v) is 17.6. The van der Waals surface area contributed by atoms with Crippen molar-refractivity contribution in [2.24, 2.45) is 0 Å². The number of halogens is 1. The van der Waals surface area contributed by atoms with Crippen LogP contribution in [0.4, 0.5) is 11.4 Å². The number of rotatable bonds is 6. The number of anilines is 2. The molecule has 7 heteroatoms. The summed E-state index contributed by atoms with van der Waals surface area (Å²) in [5, 5.41) is 2.84. The second-order valence-electron chi connectivity index (χ2n) is 6.18. The first-order chi connectivity index (χ1) is 13.4. The Kier molecular flexibility index (Phi) is 6.16. The molecule has 0 saturated heterocycles. The number of carbonyl (C=O) groups is 1. The average Bonchev–Trinajstić information content (AvgIpc) is 2.67. The Bertz CT molecular complexity index is 1090. The van der Waals surface area contributed by atoms with Gasteiger partial charge in [0.15, 0.2) is 0 Å². The van der Waals surface area contributed by atoms with Crippen LogP contribution < -0.4 is 9.62 Å². The van der Waals surface area contributed by atoms with Crippen molar-refractivity contribution in [2.45, 2.75) is 0 Å². The molecule has 1 N–H and O–H groups in total. The number of hydrogen-bond donors (Lipinski definition) is 1. The molecule has 0 aliphatic rings. The standard InChI is InChI=1S/C21H19BrN2O3S/c1-28(26,27)24(20-14-8-6-12-18(20)22)15-21(25)23-19-13-7-5-11-17(19)16-9-3-2-4-10-16/h2-14H,15H2,1H3,(H,23,25). The summed E-state index contributed by atoms with van der Waals surface area (Å²) < 4.78 is 26.2. The largest absolute Gasteiger partial charge is 0.324 e. The summed E-state index contributed by atoms with van der Waals surface area (Å²) in [6.45, 7) is -0.329. The molecule has 3 aromatic carbocycles. The van der Waals surface area contributed by atoms with E-state index in [9.17, 15) is 13.2 Å². The second-order valence-corrected chi connectivity index (χ2v) is 8.94. The SMILES string of the molecule is CS(=O)(=O)N(CC(=O)Nc1ccccc1-c1ccccc1)c1ccccc1Br. The summed E-state index contributed by atoms with van der Waals surface area (Å²) >= 11 is 3.35. The lowest BCUT2D eigenvalue weighted by Gasteiger charge is -2.23. The molecule has 0 bridgehead atoms. The van der Waals surface area contributed by atoms with E-state index < -0.39 is 15.9 Å². The van der Waals surface area contributed by atoms with Crippen LogP contribution in [0.3, 0.4) is 0 Å². The van der Waals surface area contributed by atoms with Gasteiger partial charge in [-0.1, -0.05) is 60.7 Å². The van der Waals surface area contributed by atoms with E-state index in [2.05, 4.69) is 21.2 Å². The minimum Gasteiger partial charge on any atom is -0.324 e. The molecule has 5 nitrogen and oxygen atoms in total. The van der Waals surface area contributed by atoms with Gasteiger partial charge in [0.1, 0.15) is 6.54 Å². The minimum absolute atomic E-state index is 0.329. The van der Waals surface area contributed by atoms with Crippen molar-refractivity contribution in [1.29, 1.82) is 0 Å². The van der Waals surface area contributed by atoms with Crippen molar-refractivity contribution >= 4 is 43.2 Å². The second kappa shape index (κ2) is 8.58. The predicted molar refractivity (Wildman–Crippen MR) is 117 cm³/mol.